The minimum atomic E-state index is -0.317. The molecule has 1 heterocycles. The number of nitrogens with one attached hydrogen (secondary N) is 1. The minimum Gasteiger partial charge on any atom is -0.469 e. The Morgan fingerprint density at radius 1 is 1.45 bits per heavy atom. The van der Waals surface area contributed by atoms with Gasteiger partial charge < -0.3 is 10.1 Å². The standard InChI is InChI=1S/C14H15Cl2NO3/c1-20-14(19)7-9(12-4-5-13(18)17-12)8-2-3-10(15)11(16)6-8/h2-3,6,9,12H,4-5,7H2,1H3,(H,17,18). The number of methoxy groups -OCH3 is 1. The summed E-state index contributed by atoms with van der Waals surface area (Å²) >= 11 is 11.9. The van der Waals surface area contributed by atoms with Crippen molar-refractivity contribution in [2.24, 2.45) is 0 Å². The van der Waals surface area contributed by atoms with Crippen molar-refractivity contribution >= 4 is 35.1 Å². The van der Waals surface area contributed by atoms with E-state index in [1.54, 1.807) is 12.1 Å². The Bertz CT molecular complexity index is 533. The molecule has 0 radical (unpaired) electrons. The normalized spacial score (nSPS) is 19.6. The second kappa shape index (κ2) is 6.46. The Hall–Kier alpha value is -1.26. The third-order valence-corrected chi connectivity index (χ3v) is 4.24. The number of carbonyl (C=O) groups excluding carboxylic acids is 2. The summed E-state index contributed by atoms with van der Waals surface area (Å²) in [7, 11) is 1.35. The van der Waals surface area contributed by atoms with Crippen LogP contribution in [0.4, 0.5) is 0 Å². The molecule has 0 bridgehead atoms. The number of rotatable bonds is 4. The Labute approximate surface area is 127 Å². The Morgan fingerprint density at radius 2 is 2.20 bits per heavy atom. The Balaban J connectivity index is 2.27. The van der Waals surface area contributed by atoms with Gasteiger partial charge in [-0.1, -0.05) is 29.3 Å². The van der Waals surface area contributed by atoms with Gasteiger partial charge in [-0.05, 0) is 24.1 Å². The largest absolute Gasteiger partial charge is 0.469 e. The maximum Gasteiger partial charge on any atom is 0.306 e. The lowest BCUT2D eigenvalue weighted by Crippen LogP contribution is -2.32. The van der Waals surface area contributed by atoms with E-state index >= 15 is 0 Å². The average molecular weight is 316 g/mol. The summed E-state index contributed by atoms with van der Waals surface area (Å²) in [4.78, 5) is 23.0. The van der Waals surface area contributed by atoms with E-state index < -0.39 is 0 Å². The van der Waals surface area contributed by atoms with Crippen LogP contribution in [-0.2, 0) is 14.3 Å². The van der Waals surface area contributed by atoms with E-state index in [0.717, 1.165) is 5.56 Å². The zero-order chi connectivity index (χ0) is 14.7. The van der Waals surface area contributed by atoms with Crippen molar-refractivity contribution in [1.82, 2.24) is 5.32 Å². The molecule has 1 saturated heterocycles. The summed E-state index contributed by atoms with van der Waals surface area (Å²) in [6, 6.07) is 5.17. The molecule has 0 aliphatic carbocycles. The van der Waals surface area contributed by atoms with E-state index in [0.29, 0.717) is 22.9 Å². The second-order valence-corrected chi connectivity index (χ2v) is 5.59. The molecule has 0 spiro atoms. The van der Waals surface area contributed by atoms with Crippen molar-refractivity contribution in [3.63, 3.8) is 0 Å². The van der Waals surface area contributed by atoms with Gasteiger partial charge in [-0.3, -0.25) is 9.59 Å². The van der Waals surface area contributed by atoms with Gasteiger partial charge in [0.2, 0.25) is 5.91 Å². The van der Waals surface area contributed by atoms with Gasteiger partial charge in [-0.2, -0.15) is 0 Å². The molecule has 2 rings (SSSR count). The van der Waals surface area contributed by atoms with E-state index in [2.05, 4.69) is 5.32 Å². The molecule has 108 valence electrons. The highest BCUT2D eigenvalue weighted by Gasteiger charge is 2.31. The molecular formula is C14H15Cl2NO3. The molecule has 6 heteroatoms. The van der Waals surface area contributed by atoms with Gasteiger partial charge >= 0.3 is 5.97 Å². The molecule has 2 atom stereocenters. The van der Waals surface area contributed by atoms with E-state index in [4.69, 9.17) is 27.9 Å². The van der Waals surface area contributed by atoms with E-state index in [1.807, 2.05) is 6.07 Å². The zero-order valence-electron chi connectivity index (χ0n) is 11.0. The number of hydrogen-bond donors (Lipinski definition) is 1. The summed E-state index contributed by atoms with van der Waals surface area (Å²) in [6.45, 7) is 0. The van der Waals surface area contributed by atoms with Gasteiger partial charge in [-0.15, -0.1) is 0 Å². The van der Waals surface area contributed by atoms with E-state index in [9.17, 15) is 9.59 Å². The number of ether oxygens (including phenoxy) is 1. The van der Waals surface area contributed by atoms with Crippen LogP contribution in [0.15, 0.2) is 18.2 Å². The molecule has 20 heavy (non-hydrogen) atoms. The Morgan fingerprint density at radius 3 is 2.75 bits per heavy atom. The molecule has 1 fully saturated rings. The van der Waals surface area contributed by atoms with Crippen molar-refractivity contribution < 1.29 is 14.3 Å². The van der Waals surface area contributed by atoms with Crippen molar-refractivity contribution in [3.05, 3.63) is 33.8 Å². The molecular weight excluding hydrogens is 301 g/mol. The quantitative estimate of drug-likeness (QED) is 0.869. The molecule has 1 N–H and O–H groups in total. The zero-order valence-corrected chi connectivity index (χ0v) is 12.5. The summed E-state index contributed by atoms with van der Waals surface area (Å²) in [6.07, 6.45) is 1.36. The van der Waals surface area contributed by atoms with E-state index in [1.165, 1.54) is 7.11 Å². The highest BCUT2D eigenvalue weighted by atomic mass is 35.5. The maximum atomic E-state index is 11.6. The number of amides is 1. The predicted molar refractivity (Wildman–Crippen MR) is 77.0 cm³/mol. The van der Waals surface area contributed by atoms with Crippen LogP contribution >= 0.6 is 23.2 Å². The van der Waals surface area contributed by atoms with Crippen molar-refractivity contribution in [1.29, 1.82) is 0 Å². The summed E-state index contributed by atoms with van der Waals surface area (Å²) in [5.41, 5.74) is 0.872. The highest BCUT2D eigenvalue weighted by Crippen LogP contribution is 2.33. The molecule has 2 unspecified atom stereocenters. The van der Waals surface area contributed by atoms with Crippen molar-refractivity contribution in [2.45, 2.75) is 31.2 Å². The van der Waals surface area contributed by atoms with Crippen LogP contribution in [-0.4, -0.2) is 25.0 Å². The van der Waals surface area contributed by atoms with Gasteiger partial charge in [0.05, 0.1) is 23.6 Å². The van der Waals surface area contributed by atoms with Gasteiger partial charge in [0, 0.05) is 18.4 Å². The van der Waals surface area contributed by atoms with Crippen molar-refractivity contribution in [2.75, 3.05) is 7.11 Å². The smallest absolute Gasteiger partial charge is 0.306 e. The van der Waals surface area contributed by atoms with Crippen LogP contribution in [0.2, 0.25) is 10.0 Å². The molecule has 1 aliphatic rings. The van der Waals surface area contributed by atoms with Crippen LogP contribution in [0.3, 0.4) is 0 Å². The molecule has 4 nitrogen and oxygen atoms in total. The molecule has 1 aliphatic heterocycles. The lowest BCUT2D eigenvalue weighted by Gasteiger charge is -2.23. The third kappa shape index (κ3) is 3.44. The first-order valence-corrected chi connectivity index (χ1v) is 7.08. The Kier molecular flexibility index (Phi) is 4.89. The van der Waals surface area contributed by atoms with E-state index in [-0.39, 0.29) is 30.3 Å². The SMILES string of the molecule is COC(=O)CC(c1ccc(Cl)c(Cl)c1)C1CCC(=O)N1. The first-order valence-electron chi connectivity index (χ1n) is 6.32. The van der Waals surface area contributed by atoms with Crippen molar-refractivity contribution in [3.8, 4) is 0 Å². The van der Waals surface area contributed by atoms with Gasteiger partial charge in [0.1, 0.15) is 0 Å². The maximum absolute atomic E-state index is 11.6. The number of hydrogen-bond acceptors (Lipinski definition) is 3. The monoisotopic (exact) mass is 315 g/mol. The average Bonchev–Trinajstić information content (AvgIpc) is 2.85. The van der Waals surface area contributed by atoms with Crippen LogP contribution in [0.1, 0.15) is 30.7 Å². The molecule has 1 aromatic rings. The van der Waals surface area contributed by atoms with Crippen LogP contribution in [0, 0.1) is 0 Å². The van der Waals surface area contributed by atoms with Gasteiger partial charge in [0.25, 0.3) is 0 Å². The first-order chi connectivity index (χ1) is 9.51. The molecule has 1 aromatic carbocycles. The third-order valence-electron chi connectivity index (χ3n) is 3.50. The molecule has 0 saturated carbocycles. The number of carbonyl (C=O) groups is 2. The first kappa shape index (κ1) is 15.1. The summed E-state index contributed by atoms with van der Waals surface area (Å²) in [5.74, 6) is -0.476. The fourth-order valence-electron chi connectivity index (χ4n) is 2.44. The lowest BCUT2D eigenvalue weighted by atomic mass is 9.87. The van der Waals surface area contributed by atoms with Crippen LogP contribution in [0.5, 0.6) is 0 Å². The summed E-state index contributed by atoms with van der Waals surface area (Å²) in [5, 5.41) is 3.79. The van der Waals surface area contributed by atoms with Crippen LogP contribution in [0.25, 0.3) is 0 Å². The number of halogens is 2. The topological polar surface area (TPSA) is 55.4 Å². The minimum absolute atomic E-state index is 0.00456. The predicted octanol–water partition coefficient (Wildman–Crippen LogP) is 2.92. The highest BCUT2D eigenvalue weighted by molar-refractivity contribution is 6.42. The number of esters is 1. The number of benzene rings is 1. The fourth-order valence-corrected chi connectivity index (χ4v) is 2.74. The second-order valence-electron chi connectivity index (χ2n) is 4.77. The lowest BCUT2D eigenvalue weighted by molar-refractivity contribution is -0.141. The molecule has 0 aromatic heterocycles. The van der Waals surface area contributed by atoms with Crippen LogP contribution < -0.4 is 5.32 Å². The van der Waals surface area contributed by atoms with Gasteiger partial charge in [0.15, 0.2) is 0 Å². The summed E-state index contributed by atoms with van der Waals surface area (Å²) < 4.78 is 4.73. The fraction of sp³-hybridized carbons (Fsp3) is 0.429. The van der Waals surface area contributed by atoms with Gasteiger partial charge in [-0.25, -0.2) is 0 Å². The molecule has 1 amide bonds.